The third-order valence-corrected chi connectivity index (χ3v) is 7.30. The van der Waals surface area contributed by atoms with Crippen LogP contribution in [-0.2, 0) is 21.2 Å². The molecule has 2 aromatic carbocycles. The van der Waals surface area contributed by atoms with Crippen LogP contribution in [0.5, 0.6) is 0 Å². The summed E-state index contributed by atoms with van der Waals surface area (Å²) in [5.41, 5.74) is 2.64. The Morgan fingerprint density at radius 3 is 2.47 bits per heavy atom. The zero-order chi connectivity index (χ0) is 24.2. The summed E-state index contributed by atoms with van der Waals surface area (Å²) >= 11 is 0. The lowest BCUT2D eigenvalue weighted by molar-refractivity contribution is -0.123. The third kappa shape index (κ3) is 3.82. The number of nitrogens with zero attached hydrogens (tertiary/aromatic N) is 3. The first-order valence-electron chi connectivity index (χ1n) is 10.8. The van der Waals surface area contributed by atoms with Gasteiger partial charge in [-0.2, -0.15) is 0 Å². The number of carbonyl (C=O) groups excluding carboxylic acids is 1. The summed E-state index contributed by atoms with van der Waals surface area (Å²) in [5, 5.41) is 5.13. The van der Waals surface area contributed by atoms with Crippen LogP contribution in [0, 0.1) is 17.6 Å². The molecule has 3 aromatic rings. The van der Waals surface area contributed by atoms with Crippen LogP contribution >= 0.6 is 0 Å². The molecule has 1 saturated heterocycles. The van der Waals surface area contributed by atoms with Crippen LogP contribution < -0.4 is 14.9 Å². The Morgan fingerprint density at radius 2 is 1.82 bits per heavy atom. The average molecular weight is 485 g/mol. The lowest BCUT2D eigenvalue weighted by Crippen LogP contribution is -2.56. The van der Waals surface area contributed by atoms with Gasteiger partial charge in [-0.25, -0.2) is 22.3 Å². The monoisotopic (exact) mass is 484 g/mol. The molecule has 1 fully saturated rings. The Labute approximate surface area is 195 Å². The number of anilines is 2. The van der Waals surface area contributed by atoms with Crippen molar-refractivity contribution in [2.75, 3.05) is 22.9 Å². The Bertz CT molecular complexity index is 1390. The molecule has 1 aromatic heterocycles. The summed E-state index contributed by atoms with van der Waals surface area (Å²) in [6.45, 7) is 2.46. The number of sulfonamides is 1. The van der Waals surface area contributed by atoms with Crippen LogP contribution in [0.25, 0.3) is 11.3 Å². The fourth-order valence-electron chi connectivity index (χ4n) is 4.66. The molecular weight excluding hydrogens is 462 g/mol. The lowest BCUT2D eigenvalue weighted by atomic mass is 9.96. The molecule has 3 heterocycles. The summed E-state index contributed by atoms with van der Waals surface area (Å²) in [6, 6.07) is 12.3. The van der Waals surface area contributed by atoms with Crippen molar-refractivity contribution in [3.8, 4) is 11.3 Å². The maximum Gasteiger partial charge on any atom is 0.241 e. The summed E-state index contributed by atoms with van der Waals surface area (Å²) in [7, 11) is -4.27. The van der Waals surface area contributed by atoms with Crippen molar-refractivity contribution in [2.45, 2.75) is 24.3 Å². The minimum atomic E-state index is -4.27. The van der Waals surface area contributed by atoms with E-state index in [9.17, 15) is 22.0 Å². The Balaban J connectivity index is 1.33. The summed E-state index contributed by atoms with van der Waals surface area (Å²) in [5.74, 6) is -1.93. The van der Waals surface area contributed by atoms with Gasteiger partial charge in [0.15, 0.2) is 0 Å². The molecule has 7 nitrogen and oxygen atoms in total. The van der Waals surface area contributed by atoms with E-state index in [1.165, 1.54) is 11.0 Å². The van der Waals surface area contributed by atoms with Gasteiger partial charge in [0.25, 0.3) is 0 Å². The largest absolute Gasteiger partial charge is 0.367 e. The molecule has 1 atom stereocenters. The smallest absolute Gasteiger partial charge is 0.241 e. The fourth-order valence-corrected chi connectivity index (χ4v) is 5.26. The van der Waals surface area contributed by atoms with E-state index < -0.39 is 32.5 Å². The zero-order valence-corrected chi connectivity index (χ0v) is 19.1. The van der Waals surface area contributed by atoms with Crippen LogP contribution in [0.3, 0.4) is 0 Å². The summed E-state index contributed by atoms with van der Waals surface area (Å²) in [4.78, 5) is 20.2. The molecule has 0 unspecified atom stereocenters. The van der Waals surface area contributed by atoms with Gasteiger partial charge in [-0.15, -0.1) is 0 Å². The van der Waals surface area contributed by atoms with Gasteiger partial charge in [0, 0.05) is 36.6 Å². The number of amides is 1. The zero-order valence-electron chi connectivity index (χ0n) is 18.3. The van der Waals surface area contributed by atoms with Crippen molar-refractivity contribution < 1.29 is 22.0 Å². The van der Waals surface area contributed by atoms with E-state index in [0.717, 1.165) is 12.1 Å². The number of halogens is 2. The first kappa shape index (κ1) is 22.4. The van der Waals surface area contributed by atoms with Crippen LogP contribution in [0.1, 0.15) is 12.5 Å². The Hall–Kier alpha value is -3.37. The van der Waals surface area contributed by atoms with Crippen LogP contribution in [-0.4, -0.2) is 38.4 Å². The highest BCUT2D eigenvalue weighted by atomic mass is 32.2. The standard InChI is InChI=1S/C24H22F2N4O3S/c1-14-8-16-10-19(26)23(34(27,32)33)11-22(16)30(14)24(31)17-12-29(13-17)21-6-5-15(9-18(21)25)20-4-2-3-7-28-20/h2-7,9-11,14,17H,8,12-13H2,1H3,(H2,27,32,33)/t14-/m0/s1. The van der Waals surface area contributed by atoms with Gasteiger partial charge < -0.3 is 9.80 Å². The number of nitrogens with two attached hydrogens (primary N) is 1. The third-order valence-electron chi connectivity index (χ3n) is 6.37. The SMILES string of the molecule is C[C@H]1Cc2cc(F)c(S(N)(=O)=O)cc2N1C(=O)C1CN(c2ccc(-c3ccccn3)cc2F)C1. The van der Waals surface area contributed by atoms with Crippen molar-refractivity contribution in [1.82, 2.24) is 4.98 Å². The molecule has 10 heteroatoms. The molecule has 34 heavy (non-hydrogen) atoms. The van der Waals surface area contributed by atoms with Gasteiger partial charge >= 0.3 is 0 Å². The van der Waals surface area contributed by atoms with Gasteiger partial charge in [0.2, 0.25) is 15.9 Å². The van der Waals surface area contributed by atoms with Crippen molar-refractivity contribution in [1.29, 1.82) is 0 Å². The first-order chi connectivity index (χ1) is 16.1. The summed E-state index contributed by atoms with van der Waals surface area (Å²) < 4.78 is 52.6. The maximum atomic E-state index is 14.8. The van der Waals surface area contributed by atoms with E-state index in [1.54, 1.807) is 35.4 Å². The highest BCUT2D eigenvalue weighted by Gasteiger charge is 2.41. The van der Waals surface area contributed by atoms with E-state index in [2.05, 4.69) is 4.98 Å². The molecule has 5 rings (SSSR count). The Morgan fingerprint density at radius 1 is 1.06 bits per heavy atom. The molecule has 1 amide bonds. The van der Waals surface area contributed by atoms with Crippen molar-refractivity contribution >= 4 is 27.3 Å². The topological polar surface area (TPSA) is 96.6 Å². The second kappa shape index (κ2) is 8.14. The van der Waals surface area contributed by atoms with Crippen LogP contribution in [0.15, 0.2) is 59.6 Å². The van der Waals surface area contributed by atoms with E-state index in [-0.39, 0.29) is 11.9 Å². The normalized spacial score (nSPS) is 18.1. The molecule has 2 aliphatic heterocycles. The molecule has 0 saturated carbocycles. The van der Waals surface area contributed by atoms with Crippen LogP contribution in [0.2, 0.25) is 0 Å². The number of primary sulfonamides is 1. The molecular formula is C24H22F2N4O3S. The molecule has 0 radical (unpaired) electrons. The number of hydrogen-bond acceptors (Lipinski definition) is 5. The molecule has 0 spiro atoms. The first-order valence-corrected chi connectivity index (χ1v) is 12.3. The van der Waals surface area contributed by atoms with E-state index in [1.807, 2.05) is 13.0 Å². The Kier molecular flexibility index (Phi) is 5.37. The fraction of sp³-hybridized carbons (Fsp3) is 0.250. The van der Waals surface area contributed by atoms with Crippen molar-refractivity contribution in [3.63, 3.8) is 0 Å². The maximum absolute atomic E-state index is 14.8. The van der Waals surface area contributed by atoms with Crippen molar-refractivity contribution in [3.05, 3.63) is 71.9 Å². The molecule has 0 aliphatic carbocycles. The predicted molar refractivity (Wildman–Crippen MR) is 124 cm³/mol. The van der Waals surface area contributed by atoms with E-state index in [0.29, 0.717) is 47.7 Å². The predicted octanol–water partition coefficient (Wildman–Crippen LogP) is 3.09. The quantitative estimate of drug-likeness (QED) is 0.614. The number of aromatic nitrogens is 1. The van der Waals surface area contributed by atoms with Gasteiger partial charge in [-0.3, -0.25) is 9.78 Å². The van der Waals surface area contributed by atoms with E-state index >= 15 is 0 Å². The van der Waals surface area contributed by atoms with E-state index in [4.69, 9.17) is 5.14 Å². The van der Waals surface area contributed by atoms with Gasteiger partial charge in [-0.05, 0) is 55.3 Å². The number of rotatable bonds is 4. The summed E-state index contributed by atoms with van der Waals surface area (Å²) in [6.07, 6.45) is 2.05. The number of fused-ring (bicyclic) bond motifs is 1. The minimum Gasteiger partial charge on any atom is -0.367 e. The number of pyridine rings is 1. The van der Waals surface area contributed by atoms with Gasteiger partial charge in [-0.1, -0.05) is 12.1 Å². The molecule has 2 aliphatic rings. The average Bonchev–Trinajstić information content (AvgIpc) is 3.07. The van der Waals surface area contributed by atoms with Crippen LogP contribution in [0.4, 0.5) is 20.2 Å². The molecule has 0 bridgehead atoms. The second-order valence-electron chi connectivity index (χ2n) is 8.70. The highest BCUT2D eigenvalue weighted by molar-refractivity contribution is 7.89. The number of carbonyl (C=O) groups is 1. The van der Waals surface area contributed by atoms with Gasteiger partial charge in [0.05, 0.1) is 17.3 Å². The highest BCUT2D eigenvalue weighted by Crippen LogP contribution is 2.38. The number of hydrogen-bond donors (Lipinski definition) is 1. The minimum absolute atomic E-state index is 0.208. The molecule has 176 valence electrons. The van der Waals surface area contributed by atoms with Crippen molar-refractivity contribution in [2.24, 2.45) is 11.1 Å². The second-order valence-corrected chi connectivity index (χ2v) is 10.2. The lowest BCUT2D eigenvalue weighted by Gasteiger charge is -2.42. The van der Waals surface area contributed by atoms with Gasteiger partial charge in [0.1, 0.15) is 16.5 Å². The number of benzene rings is 2. The molecule has 2 N–H and O–H groups in total.